The van der Waals surface area contributed by atoms with Gasteiger partial charge in [-0.2, -0.15) is 0 Å². The van der Waals surface area contributed by atoms with Crippen molar-refractivity contribution in [3.05, 3.63) is 34.9 Å². The van der Waals surface area contributed by atoms with E-state index in [2.05, 4.69) is 38.2 Å². The Morgan fingerprint density at radius 3 is 2.25 bits per heavy atom. The van der Waals surface area contributed by atoms with E-state index in [-0.39, 0.29) is 0 Å². The molecule has 1 nitrogen and oxygen atoms in total. The molecule has 1 aromatic rings. The van der Waals surface area contributed by atoms with Crippen LogP contribution in [0.1, 0.15) is 58.4 Å². The maximum absolute atomic E-state index is 5.90. The lowest BCUT2D eigenvalue weighted by molar-refractivity contribution is 0.492. The van der Waals surface area contributed by atoms with Crippen LogP contribution < -0.4 is 5.32 Å². The quantitative estimate of drug-likeness (QED) is 0.565. The molecule has 1 atom stereocenters. The molecule has 1 aromatic carbocycles. The molecule has 2 heteroatoms. The van der Waals surface area contributed by atoms with E-state index in [4.69, 9.17) is 11.6 Å². The lowest BCUT2D eigenvalue weighted by Gasteiger charge is -2.14. The molecular formula is C18H30ClN. The smallest absolute Gasteiger partial charge is 0.0406 e. The van der Waals surface area contributed by atoms with Crippen molar-refractivity contribution in [2.24, 2.45) is 5.92 Å². The largest absolute Gasteiger partial charge is 0.314 e. The molecule has 114 valence electrons. The van der Waals surface area contributed by atoms with Gasteiger partial charge in [0.05, 0.1) is 0 Å². The van der Waals surface area contributed by atoms with Crippen LogP contribution in [-0.2, 0) is 6.42 Å². The van der Waals surface area contributed by atoms with Gasteiger partial charge in [0.15, 0.2) is 0 Å². The van der Waals surface area contributed by atoms with Gasteiger partial charge in [0.2, 0.25) is 0 Å². The van der Waals surface area contributed by atoms with Crippen LogP contribution in [0.5, 0.6) is 0 Å². The Morgan fingerprint density at radius 1 is 0.950 bits per heavy atom. The monoisotopic (exact) mass is 295 g/mol. The fourth-order valence-electron chi connectivity index (χ4n) is 2.43. The molecule has 1 rings (SSSR count). The molecule has 0 aliphatic rings. The maximum Gasteiger partial charge on any atom is 0.0406 e. The van der Waals surface area contributed by atoms with Crippen molar-refractivity contribution in [1.82, 2.24) is 5.32 Å². The summed E-state index contributed by atoms with van der Waals surface area (Å²) in [4.78, 5) is 0. The van der Waals surface area contributed by atoms with Gasteiger partial charge < -0.3 is 5.32 Å². The van der Waals surface area contributed by atoms with E-state index < -0.39 is 0 Å². The van der Waals surface area contributed by atoms with Crippen LogP contribution in [0.4, 0.5) is 0 Å². The normalized spacial score (nSPS) is 12.8. The zero-order valence-electron chi connectivity index (χ0n) is 13.3. The summed E-state index contributed by atoms with van der Waals surface area (Å²) in [6.45, 7) is 8.00. The highest BCUT2D eigenvalue weighted by atomic mass is 35.5. The molecule has 1 unspecified atom stereocenters. The van der Waals surface area contributed by atoms with Crippen molar-refractivity contribution >= 4 is 11.6 Å². The van der Waals surface area contributed by atoms with Gasteiger partial charge in [-0.15, -0.1) is 0 Å². The highest BCUT2D eigenvalue weighted by molar-refractivity contribution is 6.30. The minimum atomic E-state index is 0.534. The van der Waals surface area contributed by atoms with Crippen molar-refractivity contribution in [2.75, 3.05) is 6.54 Å². The number of rotatable bonds is 10. The Kier molecular flexibility index (Phi) is 8.97. The molecule has 0 saturated heterocycles. The van der Waals surface area contributed by atoms with Crippen LogP contribution in [0.15, 0.2) is 24.3 Å². The SMILES string of the molecule is CC(C)CCCCCCNC(C)Cc1ccc(Cl)cc1. The highest BCUT2D eigenvalue weighted by Gasteiger charge is 2.02. The van der Waals surface area contributed by atoms with E-state index in [9.17, 15) is 0 Å². The Bertz CT molecular complexity index is 345. The fraction of sp³-hybridized carbons (Fsp3) is 0.667. The molecule has 0 aliphatic carbocycles. The van der Waals surface area contributed by atoms with Gasteiger partial charge in [-0.25, -0.2) is 0 Å². The lowest BCUT2D eigenvalue weighted by Crippen LogP contribution is -2.28. The van der Waals surface area contributed by atoms with E-state index in [1.807, 2.05) is 12.1 Å². The first kappa shape index (κ1) is 17.5. The first-order valence-electron chi connectivity index (χ1n) is 8.05. The Labute approximate surface area is 130 Å². The van der Waals surface area contributed by atoms with E-state index in [1.165, 1.54) is 37.7 Å². The summed E-state index contributed by atoms with van der Waals surface area (Å²) < 4.78 is 0. The molecule has 0 radical (unpaired) electrons. The number of halogens is 1. The van der Waals surface area contributed by atoms with Gasteiger partial charge in [-0.3, -0.25) is 0 Å². The first-order valence-corrected chi connectivity index (χ1v) is 8.43. The van der Waals surface area contributed by atoms with Crippen molar-refractivity contribution in [3.8, 4) is 0 Å². The Balaban J connectivity index is 2.03. The second-order valence-corrected chi connectivity index (χ2v) is 6.72. The van der Waals surface area contributed by atoms with Crippen LogP contribution in [0, 0.1) is 5.92 Å². The highest BCUT2D eigenvalue weighted by Crippen LogP contribution is 2.11. The van der Waals surface area contributed by atoms with E-state index in [0.29, 0.717) is 6.04 Å². The van der Waals surface area contributed by atoms with Crippen LogP contribution in [0.25, 0.3) is 0 Å². The number of unbranched alkanes of at least 4 members (excludes halogenated alkanes) is 3. The molecule has 0 aromatic heterocycles. The molecule has 0 bridgehead atoms. The third kappa shape index (κ3) is 8.60. The Hall–Kier alpha value is -0.530. The van der Waals surface area contributed by atoms with Gasteiger partial charge in [0, 0.05) is 11.1 Å². The summed E-state index contributed by atoms with van der Waals surface area (Å²) >= 11 is 5.90. The standard InChI is InChI=1S/C18H30ClN/c1-15(2)8-6-4-5-7-13-20-16(3)14-17-9-11-18(19)12-10-17/h9-12,15-16,20H,4-8,13-14H2,1-3H3. The van der Waals surface area contributed by atoms with Crippen LogP contribution >= 0.6 is 11.6 Å². The summed E-state index contributed by atoms with van der Waals surface area (Å²) in [6, 6.07) is 8.71. The molecule has 1 N–H and O–H groups in total. The van der Waals surface area contributed by atoms with Crippen molar-refractivity contribution in [3.63, 3.8) is 0 Å². The lowest BCUT2D eigenvalue weighted by atomic mass is 10.0. The number of nitrogens with one attached hydrogen (secondary N) is 1. The average molecular weight is 296 g/mol. The number of hydrogen-bond acceptors (Lipinski definition) is 1. The topological polar surface area (TPSA) is 12.0 Å². The molecule has 0 heterocycles. The second kappa shape index (κ2) is 10.2. The number of benzene rings is 1. The van der Waals surface area contributed by atoms with E-state index >= 15 is 0 Å². The zero-order chi connectivity index (χ0) is 14.8. The molecular weight excluding hydrogens is 266 g/mol. The summed E-state index contributed by atoms with van der Waals surface area (Å²) in [5, 5.41) is 4.43. The molecule has 0 fully saturated rings. The van der Waals surface area contributed by atoms with Gasteiger partial charge >= 0.3 is 0 Å². The predicted octanol–water partition coefficient (Wildman–Crippen LogP) is 5.47. The maximum atomic E-state index is 5.90. The third-order valence-electron chi connectivity index (χ3n) is 3.66. The molecule has 0 amide bonds. The summed E-state index contributed by atoms with van der Waals surface area (Å²) in [5.74, 6) is 0.854. The summed E-state index contributed by atoms with van der Waals surface area (Å²) in [7, 11) is 0. The zero-order valence-corrected chi connectivity index (χ0v) is 14.0. The molecule has 0 saturated carbocycles. The fourth-order valence-corrected chi connectivity index (χ4v) is 2.55. The summed E-state index contributed by atoms with van der Waals surface area (Å²) in [6.07, 6.45) is 7.87. The van der Waals surface area contributed by atoms with E-state index in [1.54, 1.807) is 0 Å². The van der Waals surface area contributed by atoms with Crippen LogP contribution in [0.2, 0.25) is 5.02 Å². The minimum absolute atomic E-state index is 0.534. The van der Waals surface area contributed by atoms with Crippen molar-refractivity contribution in [1.29, 1.82) is 0 Å². The number of hydrogen-bond donors (Lipinski definition) is 1. The summed E-state index contributed by atoms with van der Waals surface area (Å²) in [5.41, 5.74) is 1.35. The van der Waals surface area contributed by atoms with Crippen LogP contribution in [0.3, 0.4) is 0 Å². The average Bonchev–Trinajstić information content (AvgIpc) is 2.40. The molecule has 20 heavy (non-hydrogen) atoms. The third-order valence-corrected chi connectivity index (χ3v) is 3.91. The van der Waals surface area contributed by atoms with Gasteiger partial charge in [-0.05, 0) is 49.9 Å². The Morgan fingerprint density at radius 2 is 1.60 bits per heavy atom. The first-order chi connectivity index (χ1) is 9.58. The van der Waals surface area contributed by atoms with Gasteiger partial charge in [-0.1, -0.05) is 63.3 Å². The van der Waals surface area contributed by atoms with Crippen molar-refractivity contribution in [2.45, 2.75) is 65.3 Å². The van der Waals surface area contributed by atoms with Gasteiger partial charge in [0.1, 0.15) is 0 Å². The minimum Gasteiger partial charge on any atom is -0.314 e. The van der Waals surface area contributed by atoms with Crippen LogP contribution in [-0.4, -0.2) is 12.6 Å². The second-order valence-electron chi connectivity index (χ2n) is 6.28. The van der Waals surface area contributed by atoms with E-state index in [0.717, 1.165) is 23.9 Å². The molecule has 0 spiro atoms. The predicted molar refractivity (Wildman–Crippen MR) is 90.5 cm³/mol. The van der Waals surface area contributed by atoms with Gasteiger partial charge in [0.25, 0.3) is 0 Å². The van der Waals surface area contributed by atoms with Crippen molar-refractivity contribution < 1.29 is 0 Å². The molecule has 0 aliphatic heterocycles.